The van der Waals surface area contributed by atoms with Crippen LogP contribution in [0.2, 0.25) is 0 Å². The first-order chi connectivity index (χ1) is 16.7. The maximum atomic E-state index is 8.83. The van der Waals surface area contributed by atoms with Gasteiger partial charge < -0.3 is 15.3 Å². The molecule has 0 aromatic heterocycles. The molecule has 200 valence electrons. The number of rotatable bonds is 4. The molecule has 0 bridgehead atoms. The third-order valence-corrected chi connectivity index (χ3v) is 28.2. The third-order valence-electron chi connectivity index (χ3n) is 3.20. The summed E-state index contributed by atoms with van der Waals surface area (Å²) in [6, 6.07) is 15.1. The molecule has 0 amide bonds. The molecule has 2 aromatic carbocycles. The third kappa shape index (κ3) is 22.8. The minimum atomic E-state index is -0.00324. The Hall–Kier alpha value is 2.36. The quantitative estimate of drug-likeness (QED) is 0.413. The van der Waals surface area contributed by atoms with Crippen LogP contribution in [-0.4, -0.2) is 15.3 Å². The van der Waals surface area contributed by atoms with Crippen molar-refractivity contribution >= 4 is 162 Å². The fourth-order valence-corrected chi connectivity index (χ4v) is 29.8. The van der Waals surface area contributed by atoms with Gasteiger partial charge in [0.05, 0.1) is 19.8 Å². The van der Waals surface area contributed by atoms with Gasteiger partial charge in [-0.2, -0.15) is 0 Å². The second kappa shape index (κ2) is 30.9. The van der Waals surface area contributed by atoms with E-state index in [1.807, 2.05) is 36.4 Å². The van der Waals surface area contributed by atoms with Crippen LogP contribution in [0.5, 0.6) is 0 Å². The van der Waals surface area contributed by atoms with E-state index in [-0.39, 0.29) is 36.8 Å². The van der Waals surface area contributed by atoms with Crippen molar-refractivity contribution in [2.45, 2.75) is 25.2 Å². The Kier molecular flexibility index (Phi) is 34.9. The van der Waals surface area contributed by atoms with Gasteiger partial charge in [0, 0.05) is 134 Å². The molecule has 0 heterocycles. The van der Waals surface area contributed by atoms with Crippen LogP contribution in [0.25, 0.3) is 0 Å². The summed E-state index contributed by atoms with van der Waals surface area (Å²) in [6.45, 7) is 0.120. The Morgan fingerprint density at radius 3 is 1.00 bits per heavy atom. The molecule has 0 saturated carbocycles. The smallest absolute Gasteiger partial charge is 0.0685 e. The van der Waals surface area contributed by atoms with Gasteiger partial charge in [-0.25, -0.2) is 0 Å². The summed E-state index contributed by atoms with van der Waals surface area (Å²) >= 11 is 12.8. The molecular formula is C16H20Br2O3S14. The van der Waals surface area contributed by atoms with E-state index in [9.17, 15) is 0 Å². The van der Waals surface area contributed by atoms with Crippen LogP contribution in [0.4, 0.5) is 0 Å². The van der Waals surface area contributed by atoms with E-state index >= 15 is 0 Å². The minimum Gasteiger partial charge on any atom is -0.392 e. The summed E-state index contributed by atoms with van der Waals surface area (Å²) in [7, 11) is 19.9. The Labute approximate surface area is 268 Å². The van der Waals surface area contributed by atoms with Crippen molar-refractivity contribution in [3.05, 3.63) is 70.8 Å². The molecule has 3 nitrogen and oxygen atoms in total. The van der Waals surface area contributed by atoms with E-state index in [0.717, 1.165) is 27.6 Å². The molecule has 0 aliphatic heterocycles. The summed E-state index contributed by atoms with van der Waals surface area (Å²) in [6.07, 6.45) is 0. The zero-order valence-corrected chi connectivity index (χ0v) is 32.0. The zero-order valence-electron chi connectivity index (χ0n) is 17.3. The van der Waals surface area contributed by atoms with Crippen LogP contribution < -0.4 is 0 Å². The number of hydrogen-bond acceptors (Lipinski definition) is 5. The molecule has 0 fully saturated rings. The SMILES string of the molecule is Br.OCc1ccccc1CBr.OCc1ccccc1CO.S=S=S=S=S=S=S=S=S=S=S=S=S=S. The largest absolute Gasteiger partial charge is 0.392 e. The van der Waals surface area contributed by atoms with Crippen molar-refractivity contribution < 1.29 is 15.3 Å². The van der Waals surface area contributed by atoms with Crippen molar-refractivity contribution in [1.82, 2.24) is 0 Å². The lowest BCUT2D eigenvalue weighted by atomic mass is 10.1. The second-order valence-corrected chi connectivity index (χ2v) is 26.8. The predicted octanol–water partition coefficient (Wildman–Crippen LogP) is 3.29. The zero-order chi connectivity index (χ0) is 25.3. The van der Waals surface area contributed by atoms with Crippen LogP contribution in [-0.2, 0) is 154 Å². The molecule has 0 aliphatic rings. The minimum absolute atomic E-state index is 0. The second-order valence-electron chi connectivity index (χ2n) is 4.96. The molecule has 35 heavy (non-hydrogen) atoms. The van der Waals surface area contributed by atoms with Gasteiger partial charge in [-0.3, -0.25) is 0 Å². The summed E-state index contributed by atoms with van der Waals surface area (Å²) in [5.74, 6) is 0. The van der Waals surface area contributed by atoms with Crippen LogP contribution in [0.3, 0.4) is 0 Å². The fraction of sp³-hybridized carbons (Fsp3) is 0.250. The molecule has 0 radical (unpaired) electrons. The van der Waals surface area contributed by atoms with E-state index in [0.29, 0.717) is 0 Å². The molecule has 2 aromatic rings. The number of halogens is 2. The predicted molar refractivity (Wildman–Crippen MR) is 197 cm³/mol. The monoisotopic (exact) mass is 866 g/mol. The van der Waals surface area contributed by atoms with Gasteiger partial charge in [0.1, 0.15) is 0 Å². The number of aliphatic hydroxyl groups excluding tert-OH is 3. The summed E-state index contributed by atoms with van der Waals surface area (Å²) in [5.41, 5.74) is 3.75. The molecule has 0 unspecified atom stereocenters. The number of aliphatic hydroxyl groups is 3. The van der Waals surface area contributed by atoms with Gasteiger partial charge in [-0.1, -0.05) is 64.5 Å². The average Bonchev–Trinajstić information content (AvgIpc) is 2.90. The lowest BCUT2D eigenvalue weighted by Crippen LogP contribution is -1.91. The van der Waals surface area contributed by atoms with Gasteiger partial charge in [0.15, 0.2) is 0 Å². The average molecular weight is 869 g/mol. The van der Waals surface area contributed by atoms with Crippen LogP contribution in [0, 0.1) is 0 Å². The van der Waals surface area contributed by atoms with Crippen LogP contribution in [0.1, 0.15) is 22.3 Å². The van der Waals surface area contributed by atoms with Crippen molar-refractivity contribution in [2.24, 2.45) is 0 Å². The molecule has 0 atom stereocenters. The highest BCUT2D eigenvalue weighted by Crippen LogP contribution is 2.11. The van der Waals surface area contributed by atoms with E-state index in [4.69, 9.17) is 37.7 Å². The van der Waals surface area contributed by atoms with E-state index in [2.05, 4.69) is 15.9 Å². The molecule has 3 N–H and O–H groups in total. The van der Waals surface area contributed by atoms with Gasteiger partial charge in [-0.15, -0.1) is 17.0 Å². The number of benzene rings is 2. The highest BCUT2D eigenvalue weighted by molar-refractivity contribution is 9.08. The fourth-order valence-electron chi connectivity index (χ4n) is 1.82. The summed E-state index contributed by atoms with van der Waals surface area (Å²) in [4.78, 5) is 0. The van der Waals surface area contributed by atoms with Crippen LogP contribution in [0.15, 0.2) is 48.5 Å². The van der Waals surface area contributed by atoms with Crippen molar-refractivity contribution in [2.75, 3.05) is 0 Å². The van der Waals surface area contributed by atoms with Crippen molar-refractivity contribution in [1.29, 1.82) is 0 Å². The van der Waals surface area contributed by atoms with Crippen molar-refractivity contribution in [3.63, 3.8) is 0 Å². The standard InChI is InChI=1S/C8H9BrO.C8H10O2.BrH.S14/c2*9-5-7-3-1-2-4-8(7)6-10;;1-3-5-7-9-11-13-14-12-10-8-6-4-2/h1-4,10H,5-6H2;1-4,9-10H,5-6H2;1H;. The number of alkyl halides is 1. The summed E-state index contributed by atoms with van der Waals surface area (Å²) < 4.78 is 0. The van der Waals surface area contributed by atoms with Gasteiger partial charge >= 0.3 is 0 Å². The molecule has 19 heteroatoms. The van der Waals surface area contributed by atoms with E-state index in [1.165, 1.54) is 17.8 Å². The van der Waals surface area contributed by atoms with E-state index in [1.54, 1.807) is 101 Å². The first-order valence-corrected chi connectivity index (χ1v) is 26.9. The maximum absolute atomic E-state index is 8.83. The first kappa shape index (κ1) is 39.5. The normalized spacial score (nSPS) is 8.46. The Morgan fingerprint density at radius 2 is 0.771 bits per heavy atom. The molecule has 0 aliphatic carbocycles. The molecule has 2 rings (SSSR count). The van der Waals surface area contributed by atoms with Crippen LogP contribution >= 0.6 is 32.9 Å². The summed E-state index contributed by atoms with van der Waals surface area (Å²) in [5, 5.41) is 27.1. The topological polar surface area (TPSA) is 60.7 Å². The highest BCUT2D eigenvalue weighted by atomic mass is 79.9. The Balaban J connectivity index is 0. The maximum Gasteiger partial charge on any atom is 0.0685 e. The number of hydrogen-bond donors (Lipinski definition) is 3. The Bertz CT molecular complexity index is 1240. The molecule has 0 saturated heterocycles. The van der Waals surface area contributed by atoms with E-state index < -0.39 is 0 Å². The Morgan fingerprint density at radius 1 is 0.514 bits per heavy atom. The first-order valence-electron chi connectivity index (χ1n) is 8.45. The van der Waals surface area contributed by atoms with Gasteiger partial charge in [0.2, 0.25) is 0 Å². The lowest BCUT2D eigenvalue weighted by Gasteiger charge is -2.01. The van der Waals surface area contributed by atoms with Gasteiger partial charge in [0.25, 0.3) is 0 Å². The lowest BCUT2D eigenvalue weighted by molar-refractivity contribution is 0.260. The van der Waals surface area contributed by atoms with Crippen molar-refractivity contribution in [3.8, 4) is 0 Å². The van der Waals surface area contributed by atoms with Gasteiger partial charge in [-0.05, 0) is 22.3 Å². The highest BCUT2D eigenvalue weighted by Gasteiger charge is 1.96. The molecular weight excluding hydrogens is 849 g/mol. The molecule has 0 spiro atoms.